The molecule has 3 N–H and O–H groups in total. The number of β-amino-alcohol motifs (C(OH)–C–C–N with tert-alkyl or cyclic N) is 1. The summed E-state index contributed by atoms with van der Waals surface area (Å²) < 4.78 is 0. The second kappa shape index (κ2) is 3.64. The molecule has 4 nitrogen and oxygen atoms in total. The Morgan fingerprint density at radius 3 is 2.54 bits per heavy atom. The minimum atomic E-state index is -0.379. The zero-order valence-corrected chi connectivity index (χ0v) is 8.42. The first-order valence-corrected chi connectivity index (χ1v) is 4.62. The molecule has 76 valence electrons. The van der Waals surface area contributed by atoms with Crippen molar-refractivity contribution in [2.75, 3.05) is 6.54 Å². The van der Waals surface area contributed by atoms with Crippen molar-refractivity contribution in [2.24, 2.45) is 0 Å². The van der Waals surface area contributed by atoms with Gasteiger partial charge in [0.05, 0.1) is 12.1 Å². The van der Waals surface area contributed by atoms with Crippen molar-refractivity contribution in [2.45, 2.75) is 44.9 Å². The lowest BCUT2D eigenvalue weighted by molar-refractivity contribution is -0.124. The van der Waals surface area contributed by atoms with Crippen LogP contribution in [0.15, 0.2) is 0 Å². The fraction of sp³-hybridized carbons (Fsp3) is 0.889. The van der Waals surface area contributed by atoms with E-state index < -0.39 is 0 Å². The smallest absolute Gasteiger partial charge is 0.237 e. The van der Waals surface area contributed by atoms with E-state index in [2.05, 4.69) is 10.6 Å². The first-order chi connectivity index (χ1) is 5.88. The predicted octanol–water partition coefficient (Wildman–Crippen LogP) is -0.376. The van der Waals surface area contributed by atoms with E-state index in [1.54, 1.807) is 0 Å². The molecule has 0 aromatic rings. The minimum Gasteiger partial charge on any atom is -0.392 e. The third-order valence-electron chi connectivity index (χ3n) is 1.92. The molecule has 13 heavy (non-hydrogen) atoms. The molecular weight excluding hydrogens is 168 g/mol. The Morgan fingerprint density at radius 1 is 1.54 bits per heavy atom. The number of nitrogens with one attached hydrogen (secondary N) is 2. The van der Waals surface area contributed by atoms with E-state index in [-0.39, 0.29) is 23.6 Å². The summed E-state index contributed by atoms with van der Waals surface area (Å²) in [5.41, 5.74) is -0.202. The van der Waals surface area contributed by atoms with Gasteiger partial charge in [0.1, 0.15) is 0 Å². The zero-order valence-electron chi connectivity index (χ0n) is 8.42. The molecule has 1 heterocycles. The summed E-state index contributed by atoms with van der Waals surface area (Å²) >= 11 is 0. The van der Waals surface area contributed by atoms with Crippen molar-refractivity contribution in [3.63, 3.8) is 0 Å². The monoisotopic (exact) mass is 186 g/mol. The van der Waals surface area contributed by atoms with E-state index in [4.69, 9.17) is 0 Å². The molecule has 0 saturated carbocycles. The van der Waals surface area contributed by atoms with Crippen LogP contribution in [0.25, 0.3) is 0 Å². The standard InChI is InChI=1S/C9H18N2O2/c1-9(2,3)11-8(13)7-4-6(12)5-10-7/h6-7,10,12H,4-5H2,1-3H3,(H,11,13)/t6-,7-/m0/s1. The van der Waals surface area contributed by atoms with Gasteiger partial charge in [0.25, 0.3) is 0 Å². The molecule has 0 aliphatic carbocycles. The number of aliphatic hydroxyl groups excluding tert-OH is 1. The molecule has 0 spiro atoms. The van der Waals surface area contributed by atoms with Crippen molar-refractivity contribution in [1.82, 2.24) is 10.6 Å². The van der Waals surface area contributed by atoms with E-state index in [0.717, 1.165) is 0 Å². The largest absolute Gasteiger partial charge is 0.392 e. The van der Waals surface area contributed by atoms with Gasteiger partial charge in [0.2, 0.25) is 5.91 Å². The number of amides is 1. The SMILES string of the molecule is CC(C)(C)NC(=O)[C@@H]1C[C@H](O)CN1. The summed E-state index contributed by atoms with van der Waals surface area (Å²) in [5, 5.41) is 15.0. The van der Waals surface area contributed by atoms with Gasteiger partial charge in [-0.1, -0.05) is 0 Å². The maximum absolute atomic E-state index is 11.5. The number of carbonyl (C=O) groups is 1. The predicted molar refractivity (Wildman–Crippen MR) is 50.3 cm³/mol. The number of carbonyl (C=O) groups excluding carboxylic acids is 1. The average Bonchev–Trinajstić information content (AvgIpc) is 2.31. The Labute approximate surface area is 78.7 Å². The minimum absolute atomic E-state index is 0.0240. The van der Waals surface area contributed by atoms with E-state index in [1.165, 1.54) is 0 Å². The van der Waals surface area contributed by atoms with Crippen LogP contribution in [0.4, 0.5) is 0 Å². The van der Waals surface area contributed by atoms with Crippen LogP contribution in [0.5, 0.6) is 0 Å². The van der Waals surface area contributed by atoms with Gasteiger partial charge in [0.15, 0.2) is 0 Å². The molecule has 1 rings (SSSR count). The van der Waals surface area contributed by atoms with Crippen LogP contribution in [0.2, 0.25) is 0 Å². The fourth-order valence-electron chi connectivity index (χ4n) is 1.37. The van der Waals surface area contributed by atoms with Crippen molar-refractivity contribution < 1.29 is 9.90 Å². The van der Waals surface area contributed by atoms with E-state index in [9.17, 15) is 9.90 Å². The topological polar surface area (TPSA) is 61.4 Å². The van der Waals surface area contributed by atoms with Crippen molar-refractivity contribution >= 4 is 5.91 Å². The second-order valence-corrected chi connectivity index (χ2v) is 4.59. The number of aliphatic hydroxyl groups is 1. The normalized spacial score (nSPS) is 28.9. The Kier molecular flexibility index (Phi) is 2.93. The highest BCUT2D eigenvalue weighted by molar-refractivity contribution is 5.82. The van der Waals surface area contributed by atoms with Crippen molar-refractivity contribution in [3.05, 3.63) is 0 Å². The van der Waals surface area contributed by atoms with Crippen LogP contribution in [-0.2, 0) is 4.79 Å². The van der Waals surface area contributed by atoms with Gasteiger partial charge in [-0.15, -0.1) is 0 Å². The number of hydrogen-bond acceptors (Lipinski definition) is 3. The molecule has 1 saturated heterocycles. The van der Waals surface area contributed by atoms with Gasteiger partial charge in [0, 0.05) is 12.1 Å². The lowest BCUT2D eigenvalue weighted by Crippen LogP contribution is -2.48. The van der Waals surface area contributed by atoms with E-state index in [0.29, 0.717) is 13.0 Å². The van der Waals surface area contributed by atoms with Crippen molar-refractivity contribution in [1.29, 1.82) is 0 Å². The maximum Gasteiger partial charge on any atom is 0.237 e. The Bertz CT molecular complexity index is 198. The van der Waals surface area contributed by atoms with Crippen LogP contribution in [0, 0.1) is 0 Å². The summed E-state index contributed by atoms with van der Waals surface area (Å²) in [6, 6.07) is -0.228. The summed E-state index contributed by atoms with van der Waals surface area (Å²) in [6.45, 7) is 6.34. The Morgan fingerprint density at radius 2 is 2.15 bits per heavy atom. The molecule has 0 aromatic heterocycles. The van der Waals surface area contributed by atoms with Gasteiger partial charge in [-0.3, -0.25) is 4.79 Å². The highest BCUT2D eigenvalue weighted by Crippen LogP contribution is 2.08. The maximum atomic E-state index is 11.5. The third-order valence-corrected chi connectivity index (χ3v) is 1.92. The molecule has 0 bridgehead atoms. The van der Waals surface area contributed by atoms with Gasteiger partial charge < -0.3 is 15.7 Å². The van der Waals surface area contributed by atoms with Crippen LogP contribution < -0.4 is 10.6 Å². The molecule has 0 radical (unpaired) electrons. The van der Waals surface area contributed by atoms with Crippen LogP contribution in [0.1, 0.15) is 27.2 Å². The summed E-state index contributed by atoms with van der Waals surface area (Å²) in [5.74, 6) is -0.0240. The molecule has 1 aliphatic rings. The molecular formula is C9H18N2O2. The third kappa shape index (κ3) is 3.32. The van der Waals surface area contributed by atoms with E-state index >= 15 is 0 Å². The molecule has 4 heteroatoms. The van der Waals surface area contributed by atoms with Crippen molar-refractivity contribution in [3.8, 4) is 0 Å². The molecule has 0 unspecified atom stereocenters. The second-order valence-electron chi connectivity index (χ2n) is 4.59. The lowest BCUT2D eigenvalue weighted by atomic mass is 10.1. The van der Waals surface area contributed by atoms with Crippen LogP contribution in [-0.4, -0.2) is 35.2 Å². The molecule has 1 amide bonds. The highest BCUT2D eigenvalue weighted by atomic mass is 16.3. The highest BCUT2D eigenvalue weighted by Gasteiger charge is 2.29. The summed E-state index contributed by atoms with van der Waals surface area (Å²) in [6.07, 6.45) is 0.137. The molecule has 2 atom stereocenters. The molecule has 1 aliphatic heterocycles. The van der Waals surface area contributed by atoms with Gasteiger partial charge in [-0.2, -0.15) is 0 Å². The first-order valence-electron chi connectivity index (χ1n) is 4.62. The van der Waals surface area contributed by atoms with Crippen LogP contribution in [0.3, 0.4) is 0 Å². The quantitative estimate of drug-likeness (QED) is 0.523. The number of hydrogen-bond donors (Lipinski definition) is 3. The lowest BCUT2D eigenvalue weighted by Gasteiger charge is -2.22. The average molecular weight is 186 g/mol. The Balaban J connectivity index is 2.41. The molecule has 1 fully saturated rings. The fourth-order valence-corrected chi connectivity index (χ4v) is 1.37. The van der Waals surface area contributed by atoms with Gasteiger partial charge >= 0.3 is 0 Å². The van der Waals surface area contributed by atoms with Gasteiger partial charge in [-0.25, -0.2) is 0 Å². The van der Waals surface area contributed by atoms with Gasteiger partial charge in [-0.05, 0) is 27.2 Å². The zero-order chi connectivity index (χ0) is 10.1. The van der Waals surface area contributed by atoms with Crippen LogP contribution >= 0.6 is 0 Å². The molecule has 0 aromatic carbocycles. The summed E-state index contributed by atoms with van der Waals surface area (Å²) in [4.78, 5) is 11.5. The van der Waals surface area contributed by atoms with E-state index in [1.807, 2.05) is 20.8 Å². The Hall–Kier alpha value is -0.610. The first kappa shape index (κ1) is 10.5. The number of rotatable bonds is 1. The summed E-state index contributed by atoms with van der Waals surface area (Å²) in [7, 11) is 0.